The van der Waals surface area contributed by atoms with Crippen LogP contribution in [-0.2, 0) is 14.6 Å². The number of thiophene rings is 1. The van der Waals surface area contributed by atoms with E-state index in [4.69, 9.17) is 0 Å². The molecule has 1 fully saturated rings. The molecule has 110 valence electrons. The molecule has 6 heteroatoms. The van der Waals surface area contributed by atoms with E-state index in [-0.39, 0.29) is 12.3 Å². The molecule has 0 radical (unpaired) electrons. The van der Waals surface area contributed by atoms with E-state index in [0.29, 0.717) is 11.3 Å². The summed E-state index contributed by atoms with van der Waals surface area (Å²) in [5.41, 5.74) is 0.859. The van der Waals surface area contributed by atoms with Crippen LogP contribution < -0.4 is 5.32 Å². The number of benzene rings is 1. The largest absolute Gasteiger partial charge is 0.348 e. The van der Waals surface area contributed by atoms with Crippen LogP contribution in [-0.4, -0.2) is 19.6 Å². The molecule has 1 aliphatic heterocycles. The summed E-state index contributed by atoms with van der Waals surface area (Å²) in [6.07, 6.45) is 0.598. The van der Waals surface area contributed by atoms with Crippen LogP contribution in [0.5, 0.6) is 0 Å². The van der Waals surface area contributed by atoms with E-state index in [1.54, 1.807) is 30.3 Å². The standard InChI is InChI=1S/C15H15NO3S2/c17-14-7-6-13(15(16-14)11-8-9-20-10-11)21(18,19)12-4-2-1-3-5-12/h1-5,8-10,13,15H,6-7H2,(H,16,17)/t13-,15+/m0/s1. The van der Waals surface area contributed by atoms with Crippen molar-refractivity contribution < 1.29 is 13.2 Å². The van der Waals surface area contributed by atoms with Gasteiger partial charge in [0.15, 0.2) is 9.84 Å². The molecule has 0 aliphatic carbocycles. The molecule has 1 saturated heterocycles. The Labute approximate surface area is 127 Å². The smallest absolute Gasteiger partial charge is 0.220 e. The van der Waals surface area contributed by atoms with Crippen molar-refractivity contribution in [2.24, 2.45) is 0 Å². The Morgan fingerprint density at radius 2 is 1.90 bits per heavy atom. The first-order valence-electron chi connectivity index (χ1n) is 6.69. The maximum absolute atomic E-state index is 12.9. The minimum Gasteiger partial charge on any atom is -0.348 e. The van der Waals surface area contributed by atoms with Crippen LogP contribution in [0.15, 0.2) is 52.1 Å². The average Bonchev–Trinajstić information content (AvgIpc) is 3.02. The van der Waals surface area contributed by atoms with Gasteiger partial charge in [-0.05, 0) is 40.9 Å². The number of carbonyl (C=O) groups is 1. The maximum Gasteiger partial charge on any atom is 0.220 e. The molecule has 0 spiro atoms. The van der Waals surface area contributed by atoms with Crippen LogP contribution in [0.2, 0.25) is 0 Å². The lowest BCUT2D eigenvalue weighted by molar-refractivity contribution is -0.123. The molecule has 2 aromatic rings. The van der Waals surface area contributed by atoms with Crippen LogP contribution in [0.25, 0.3) is 0 Å². The Balaban J connectivity index is 2.01. The average molecular weight is 321 g/mol. The number of amides is 1. The van der Waals surface area contributed by atoms with Gasteiger partial charge in [0.05, 0.1) is 16.2 Å². The maximum atomic E-state index is 12.9. The highest BCUT2D eigenvalue weighted by Crippen LogP contribution is 2.33. The van der Waals surface area contributed by atoms with Crippen molar-refractivity contribution in [1.82, 2.24) is 5.32 Å². The van der Waals surface area contributed by atoms with Gasteiger partial charge >= 0.3 is 0 Å². The molecule has 2 atom stereocenters. The topological polar surface area (TPSA) is 63.2 Å². The van der Waals surface area contributed by atoms with E-state index < -0.39 is 21.1 Å². The predicted octanol–water partition coefficient (Wildman–Crippen LogP) is 2.54. The summed E-state index contributed by atoms with van der Waals surface area (Å²) in [6, 6.07) is 9.84. The summed E-state index contributed by atoms with van der Waals surface area (Å²) in [6.45, 7) is 0. The predicted molar refractivity (Wildman–Crippen MR) is 81.9 cm³/mol. The number of piperidine rings is 1. The summed E-state index contributed by atoms with van der Waals surface area (Å²) in [7, 11) is -3.47. The van der Waals surface area contributed by atoms with Crippen molar-refractivity contribution in [2.75, 3.05) is 0 Å². The van der Waals surface area contributed by atoms with E-state index in [9.17, 15) is 13.2 Å². The number of sulfone groups is 1. The van der Waals surface area contributed by atoms with Crippen molar-refractivity contribution in [2.45, 2.75) is 29.0 Å². The fraction of sp³-hybridized carbons (Fsp3) is 0.267. The zero-order valence-electron chi connectivity index (χ0n) is 11.2. The minimum atomic E-state index is -3.47. The first-order valence-corrected chi connectivity index (χ1v) is 9.18. The normalized spacial score (nSPS) is 22.8. The van der Waals surface area contributed by atoms with Gasteiger partial charge in [0, 0.05) is 6.42 Å². The molecule has 1 aromatic heterocycles. The van der Waals surface area contributed by atoms with Crippen molar-refractivity contribution in [3.63, 3.8) is 0 Å². The Kier molecular flexibility index (Phi) is 3.82. The second-order valence-electron chi connectivity index (χ2n) is 5.04. The van der Waals surface area contributed by atoms with Crippen molar-refractivity contribution >= 4 is 27.1 Å². The Bertz CT molecular complexity index is 724. The third kappa shape index (κ3) is 2.73. The van der Waals surface area contributed by atoms with E-state index in [1.807, 2.05) is 16.8 Å². The van der Waals surface area contributed by atoms with Crippen LogP contribution in [0.1, 0.15) is 24.4 Å². The third-order valence-corrected chi connectivity index (χ3v) is 6.65. The van der Waals surface area contributed by atoms with E-state index in [1.165, 1.54) is 11.3 Å². The molecule has 3 rings (SSSR count). The summed E-state index contributed by atoms with van der Waals surface area (Å²) in [4.78, 5) is 12.0. The molecule has 0 unspecified atom stereocenters. The van der Waals surface area contributed by atoms with Gasteiger partial charge in [-0.15, -0.1) is 0 Å². The Morgan fingerprint density at radius 1 is 1.14 bits per heavy atom. The van der Waals surface area contributed by atoms with E-state index in [0.717, 1.165) is 5.56 Å². The monoisotopic (exact) mass is 321 g/mol. The first-order chi connectivity index (χ1) is 10.1. The molecule has 1 N–H and O–H groups in total. The fourth-order valence-electron chi connectivity index (χ4n) is 2.65. The Morgan fingerprint density at radius 3 is 2.57 bits per heavy atom. The number of rotatable bonds is 3. The van der Waals surface area contributed by atoms with Crippen molar-refractivity contribution in [3.8, 4) is 0 Å². The van der Waals surface area contributed by atoms with Gasteiger partial charge < -0.3 is 5.32 Å². The van der Waals surface area contributed by atoms with Crippen LogP contribution >= 0.6 is 11.3 Å². The van der Waals surface area contributed by atoms with Crippen LogP contribution in [0, 0.1) is 0 Å². The highest BCUT2D eigenvalue weighted by molar-refractivity contribution is 7.92. The quantitative estimate of drug-likeness (QED) is 0.945. The van der Waals surface area contributed by atoms with Gasteiger partial charge in [-0.3, -0.25) is 4.79 Å². The lowest BCUT2D eigenvalue weighted by Gasteiger charge is -2.31. The second kappa shape index (κ2) is 5.61. The third-order valence-electron chi connectivity index (χ3n) is 3.72. The van der Waals surface area contributed by atoms with Gasteiger partial charge in [0.2, 0.25) is 5.91 Å². The van der Waals surface area contributed by atoms with Crippen LogP contribution in [0.3, 0.4) is 0 Å². The highest BCUT2D eigenvalue weighted by atomic mass is 32.2. The van der Waals surface area contributed by atoms with E-state index >= 15 is 0 Å². The second-order valence-corrected chi connectivity index (χ2v) is 7.98. The van der Waals surface area contributed by atoms with Crippen molar-refractivity contribution in [1.29, 1.82) is 0 Å². The number of carbonyl (C=O) groups excluding carboxylic acids is 1. The summed E-state index contributed by atoms with van der Waals surface area (Å²) >= 11 is 1.50. The van der Waals surface area contributed by atoms with Gasteiger partial charge in [-0.25, -0.2) is 8.42 Å². The molecular formula is C15H15NO3S2. The lowest BCUT2D eigenvalue weighted by Crippen LogP contribution is -2.45. The number of nitrogens with one attached hydrogen (secondary N) is 1. The zero-order chi connectivity index (χ0) is 14.9. The first kappa shape index (κ1) is 14.3. The lowest BCUT2D eigenvalue weighted by atomic mass is 9.99. The van der Waals surface area contributed by atoms with Gasteiger partial charge in [0.1, 0.15) is 0 Å². The minimum absolute atomic E-state index is 0.0919. The molecule has 1 amide bonds. The summed E-state index contributed by atoms with van der Waals surface area (Å²) in [5, 5.41) is 6.00. The SMILES string of the molecule is O=C1CC[C@H](S(=O)(=O)c2ccccc2)[C@@H](c2ccsc2)N1. The summed E-state index contributed by atoms with van der Waals surface area (Å²) in [5.74, 6) is -0.0919. The Hall–Kier alpha value is -1.66. The molecule has 1 aromatic carbocycles. The fourth-order valence-corrected chi connectivity index (χ4v) is 5.24. The van der Waals surface area contributed by atoms with Crippen molar-refractivity contribution in [3.05, 3.63) is 52.7 Å². The van der Waals surface area contributed by atoms with Gasteiger partial charge in [0.25, 0.3) is 0 Å². The van der Waals surface area contributed by atoms with Crippen LogP contribution in [0.4, 0.5) is 0 Å². The number of hydrogen-bond acceptors (Lipinski definition) is 4. The van der Waals surface area contributed by atoms with Gasteiger partial charge in [-0.2, -0.15) is 11.3 Å². The molecule has 0 bridgehead atoms. The molecule has 21 heavy (non-hydrogen) atoms. The van der Waals surface area contributed by atoms with Gasteiger partial charge in [-0.1, -0.05) is 18.2 Å². The molecule has 1 aliphatic rings. The molecular weight excluding hydrogens is 306 g/mol. The van der Waals surface area contributed by atoms with E-state index in [2.05, 4.69) is 5.32 Å². The molecule has 0 saturated carbocycles. The molecule has 4 nitrogen and oxygen atoms in total. The summed E-state index contributed by atoms with van der Waals surface area (Å²) < 4.78 is 25.7. The molecule has 2 heterocycles. The number of hydrogen-bond donors (Lipinski definition) is 1. The highest BCUT2D eigenvalue weighted by Gasteiger charge is 2.39. The zero-order valence-corrected chi connectivity index (χ0v) is 12.9.